The first-order chi connectivity index (χ1) is 15.5. The fourth-order valence-corrected chi connectivity index (χ4v) is 2.96. The molecular weight excluding hydrogens is 432 g/mol. The van der Waals surface area contributed by atoms with Crippen LogP contribution >= 0.6 is 11.6 Å². The molecule has 0 spiro atoms. The second kappa shape index (κ2) is 11.1. The van der Waals surface area contributed by atoms with E-state index < -0.39 is 5.91 Å². The zero-order valence-electron chi connectivity index (χ0n) is 17.9. The van der Waals surface area contributed by atoms with Gasteiger partial charge in [-0.2, -0.15) is 5.10 Å². The third-order valence-electron chi connectivity index (χ3n) is 4.53. The van der Waals surface area contributed by atoms with Crippen LogP contribution < -0.4 is 24.4 Å². The summed E-state index contributed by atoms with van der Waals surface area (Å²) in [4.78, 5) is 12.4. The molecule has 0 radical (unpaired) electrons. The number of carbonyl (C=O) groups is 1. The summed E-state index contributed by atoms with van der Waals surface area (Å²) in [6.45, 7) is 0.376. The van der Waals surface area contributed by atoms with Crippen LogP contribution in [0.5, 0.6) is 23.0 Å². The first-order valence-electron chi connectivity index (χ1n) is 9.64. The first-order valence-corrected chi connectivity index (χ1v) is 10.0. The van der Waals surface area contributed by atoms with Crippen molar-refractivity contribution in [3.05, 3.63) is 82.4 Å². The second-order valence-corrected chi connectivity index (χ2v) is 7.03. The zero-order valence-corrected chi connectivity index (χ0v) is 18.7. The molecule has 0 aromatic heterocycles. The molecule has 1 N–H and O–H groups in total. The highest BCUT2D eigenvalue weighted by molar-refractivity contribution is 6.30. The number of hydrogen-bond donors (Lipinski definition) is 1. The van der Waals surface area contributed by atoms with Gasteiger partial charge in [0.1, 0.15) is 18.1 Å². The molecule has 0 aliphatic heterocycles. The lowest BCUT2D eigenvalue weighted by Crippen LogP contribution is -2.18. The summed E-state index contributed by atoms with van der Waals surface area (Å²) in [5, 5.41) is 4.70. The van der Waals surface area contributed by atoms with Gasteiger partial charge in [-0.1, -0.05) is 23.7 Å². The predicted molar refractivity (Wildman–Crippen MR) is 123 cm³/mol. The monoisotopic (exact) mass is 454 g/mol. The van der Waals surface area contributed by atoms with E-state index >= 15 is 0 Å². The number of halogens is 1. The summed E-state index contributed by atoms with van der Waals surface area (Å²) in [5.74, 6) is 1.71. The molecule has 7 nitrogen and oxygen atoms in total. The van der Waals surface area contributed by atoms with Crippen LogP contribution in [0.4, 0.5) is 0 Å². The Balaban J connectivity index is 1.64. The van der Waals surface area contributed by atoms with Crippen molar-refractivity contribution in [2.75, 3.05) is 21.3 Å². The average molecular weight is 455 g/mol. The Bertz CT molecular complexity index is 1100. The highest BCUT2D eigenvalue weighted by Crippen LogP contribution is 2.28. The van der Waals surface area contributed by atoms with Crippen LogP contribution in [0.1, 0.15) is 21.5 Å². The van der Waals surface area contributed by atoms with Crippen LogP contribution in [-0.2, 0) is 6.61 Å². The van der Waals surface area contributed by atoms with Crippen molar-refractivity contribution in [1.82, 2.24) is 5.43 Å². The topological polar surface area (TPSA) is 78.4 Å². The van der Waals surface area contributed by atoms with Gasteiger partial charge >= 0.3 is 0 Å². The molecule has 0 unspecified atom stereocenters. The maximum atomic E-state index is 12.4. The number of methoxy groups -OCH3 is 3. The van der Waals surface area contributed by atoms with E-state index in [4.69, 9.17) is 30.5 Å². The van der Waals surface area contributed by atoms with Gasteiger partial charge < -0.3 is 18.9 Å². The number of rotatable bonds is 9. The molecular formula is C24H23ClN2O5. The van der Waals surface area contributed by atoms with E-state index in [1.165, 1.54) is 13.3 Å². The molecule has 3 aromatic carbocycles. The van der Waals surface area contributed by atoms with Crippen molar-refractivity contribution >= 4 is 23.7 Å². The fourth-order valence-electron chi connectivity index (χ4n) is 2.84. The van der Waals surface area contributed by atoms with E-state index in [9.17, 15) is 4.79 Å². The third-order valence-corrected chi connectivity index (χ3v) is 4.78. The van der Waals surface area contributed by atoms with Gasteiger partial charge in [0, 0.05) is 11.1 Å². The number of nitrogens with zero attached hydrogens (tertiary/aromatic N) is 1. The summed E-state index contributed by atoms with van der Waals surface area (Å²) >= 11 is 5.91. The van der Waals surface area contributed by atoms with Gasteiger partial charge in [-0.3, -0.25) is 4.79 Å². The lowest BCUT2D eigenvalue weighted by Gasteiger charge is -2.11. The Morgan fingerprint density at radius 3 is 2.34 bits per heavy atom. The van der Waals surface area contributed by atoms with E-state index in [-0.39, 0.29) is 0 Å². The van der Waals surface area contributed by atoms with Gasteiger partial charge in [0.15, 0.2) is 11.5 Å². The number of amides is 1. The summed E-state index contributed by atoms with van der Waals surface area (Å²) in [7, 11) is 4.59. The van der Waals surface area contributed by atoms with Gasteiger partial charge in [-0.25, -0.2) is 5.43 Å². The summed E-state index contributed by atoms with van der Waals surface area (Å²) < 4.78 is 21.7. The van der Waals surface area contributed by atoms with Gasteiger partial charge in [-0.05, 0) is 53.6 Å². The molecule has 0 atom stereocenters. The molecule has 32 heavy (non-hydrogen) atoms. The molecule has 0 heterocycles. The SMILES string of the molecule is COc1ccc(C(=O)NN=Cc2ccc(OCc3ccc(Cl)cc3)c(OC)c2)c(OC)c1. The molecule has 8 heteroatoms. The van der Waals surface area contributed by atoms with Crippen molar-refractivity contribution in [1.29, 1.82) is 0 Å². The largest absolute Gasteiger partial charge is 0.497 e. The smallest absolute Gasteiger partial charge is 0.275 e. The predicted octanol–water partition coefficient (Wildman–Crippen LogP) is 4.71. The molecule has 0 bridgehead atoms. The molecule has 3 aromatic rings. The van der Waals surface area contributed by atoms with Crippen LogP contribution in [0.3, 0.4) is 0 Å². The van der Waals surface area contributed by atoms with Crippen molar-refractivity contribution < 1.29 is 23.7 Å². The molecule has 0 fully saturated rings. The Labute approximate surface area is 191 Å². The number of hydrazone groups is 1. The number of benzene rings is 3. The molecule has 0 aliphatic rings. The highest BCUT2D eigenvalue weighted by atomic mass is 35.5. The number of carbonyl (C=O) groups excluding carboxylic acids is 1. The molecule has 166 valence electrons. The van der Waals surface area contributed by atoms with Crippen LogP contribution in [0.2, 0.25) is 5.02 Å². The van der Waals surface area contributed by atoms with Crippen molar-refractivity contribution in [2.24, 2.45) is 5.10 Å². The lowest BCUT2D eigenvalue weighted by atomic mass is 10.2. The molecule has 0 aliphatic carbocycles. The first kappa shape index (κ1) is 23.0. The van der Waals surface area contributed by atoms with Crippen LogP contribution in [-0.4, -0.2) is 33.5 Å². The van der Waals surface area contributed by atoms with Crippen LogP contribution in [0, 0.1) is 0 Å². The van der Waals surface area contributed by atoms with Crippen molar-refractivity contribution in [2.45, 2.75) is 6.61 Å². The fraction of sp³-hybridized carbons (Fsp3) is 0.167. The minimum Gasteiger partial charge on any atom is -0.497 e. The summed E-state index contributed by atoms with van der Waals surface area (Å²) in [6.07, 6.45) is 1.51. The van der Waals surface area contributed by atoms with E-state index in [2.05, 4.69) is 10.5 Å². The third kappa shape index (κ3) is 5.92. The molecule has 3 rings (SSSR count). The van der Waals surface area contributed by atoms with Crippen molar-refractivity contribution in [3.63, 3.8) is 0 Å². The lowest BCUT2D eigenvalue weighted by molar-refractivity contribution is 0.0952. The Hall–Kier alpha value is -3.71. The second-order valence-electron chi connectivity index (χ2n) is 6.59. The van der Waals surface area contributed by atoms with E-state index in [1.54, 1.807) is 44.6 Å². The van der Waals surface area contributed by atoms with Gasteiger partial charge in [0.25, 0.3) is 5.91 Å². The Morgan fingerprint density at radius 1 is 0.906 bits per heavy atom. The summed E-state index contributed by atoms with van der Waals surface area (Å²) in [6, 6.07) is 17.7. The quantitative estimate of drug-likeness (QED) is 0.374. The maximum absolute atomic E-state index is 12.4. The highest BCUT2D eigenvalue weighted by Gasteiger charge is 2.12. The van der Waals surface area contributed by atoms with Gasteiger partial charge in [-0.15, -0.1) is 0 Å². The summed E-state index contributed by atoms with van der Waals surface area (Å²) in [5.41, 5.74) is 4.54. The standard InChI is InChI=1S/C24H23ClN2O5/c1-29-19-9-10-20(22(13-19)30-2)24(28)27-26-14-17-6-11-21(23(12-17)31-3)32-15-16-4-7-18(25)8-5-16/h4-14H,15H2,1-3H3,(H,27,28). The van der Waals surface area contributed by atoms with Crippen LogP contribution in [0.25, 0.3) is 0 Å². The van der Waals surface area contributed by atoms with Crippen molar-refractivity contribution in [3.8, 4) is 23.0 Å². The molecule has 0 saturated carbocycles. The minimum absolute atomic E-state index is 0.342. The normalized spacial score (nSPS) is 10.6. The molecule has 0 saturated heterocycles. The minimum atomic E-state index is -0.407. The maximum Gasteiger partial charge on any atom is 0.275 e. The number of hydrogen-bond acceptors (Lipinski definition) is 6. The van der Waals surface area contributed by atoms with E-state index in [0.717, 1.165) is 11.1 Å². The Kier molecular flexibility index (Phi) is 7.94. The van der Waals surface area contributed by atoms with Crippen LogP contribution in [0.15, 0.2) is 65.8 Å². The van der Waals surface area contributed by atoms with E-state index in [1.807, 2.05) is 30.3 Å². The number of nitrogens with one attached hydrogen (secondary N) is 1. The number of ether oxygens (including phenoxy) is 4. The van der Waals surface area contributed by atoms with E-state index in [0.29, 0.717) is 40.2 Å². The average Bonchev–Trinajstić information content (AvgIpc) is 2.83. The zero-order chi connectivity index (χ0) is 22.9. The van der Waals surface area contributed by atoms with Gasteiger partial charge in [0.05, 0.1) is 33.1 Å². The Morgan fingerprint density at radius 2 is 1.66 bits per heavy atom. The molecule has 1 amide bonds. The van der Waals surface area contributed by atoms with Gasteiger partial charge in [0.2, 0.25) is 0 Å².